The molecule has 13 heavy (non-hydrogen) atoms. The number of halogens is 1. The van der Waals surface area contributed by atoms with Gasteiger partial charge in [-0.1, -0.05) is 30.7 Å². The second-order valence-electron chi connectivity index (χ2n) is 2.74. The smallest absolute Gasteiger partial charge is 0.127 e. The Bertz CT molecular complexity index is 368. The molecule has 2 nitrogen and oxygen atoms in total. The van der Waals surface area contributed by atoms with Gasteiger partial charge in [-0.3, -0.25) is 0 Å². The lowest BCUT2D eigenvalue weighted by molar-refractivity contribution is -0.108. The van der Waals surface area contributed by atoms with E-state index in [1.165, 1.54) is 0 Å². The van der Waals surface area contributed by atoms with E-state index in [0.717, 1.165) is 6.29 Å². The molecule has 1 atom stereocenters. The molecule has 0 heterocycles. The Kier molecular flexibility index (Phi) is 3.05. The van der Waals surface area contributed by atoms with E-state index in [1.54, 1.807) is 25.1 Å². The summed E-state index contributed by atoms with van der Waals surface area (Å²) in [4.78, 5) is 10.5. The lowest BCUT2D eigenvalue weighted by atomic mass is 9.98. The van der Waals surface area contributed by atoms with Gasteiger partial charge in [-0.25, -0.2) is 0 Å². The average molecular weight is 194 g/mol. The third kappa shape index (κ3) is 1.88. The number of benzene rings is 1. The minimum Gasteiger partial charge on any atom is -0.303 e. The van der Waals surface area contributed by atoms with E-state index in [0.29, 0.717) is 16.1 Å². The molecule has 0 saturated heterocycles. The Morgan fingerprint density at radius 2 is 2.31 bits per heavy atom. The molecule has 0 spiro atoms. The number of nitrogens with zero attached hydrogens (tertiary/aromatic N) is 1. The zero-order chi connectivity index (χ0) is 9.84. The number of hydrogen-bond acceptors (Lipinski definition) is 2. The van der Waals surface area contributed by atoms with Crippen molar-refractivity contribution in [3.05, 3.63) is 34.3 Å². The summed E-state index contributed by atoms with van der Waals surface area (Å²) in [5, 5.41) is 9.19. The van der Waals surface area contributed by atoms with Crippen molar-refractivity contribution in [3.8, 4) is 6.07 Å². The number of carbonyl (C=O) groups is 1. The highest BCUT2D eigenvalue weighted by atomic mass is 35.5. The van der Waals surface area contributed by atoms with Gasteiger partial charge in [0.15, 0.2) is 0 Å². The molecular weight excluding hydrogens is 186 g/mol. The first-order valence-electron chi connectivity index (χ1n) is 3.84. The minimum atomic E-state index is -0.284. The number of nitriles is 1. The normalized spacial score (nSPS) is 11.8. The molecule has 0 aliphatic rings. The first kappa shape index (κ1) is 9.76. The van der Waals surface area contributed by atoms with Crippen molar-refractivity contribution in [2.45, 2.75) is 12.8 Å². The van der Waals surface area contributed by atoms with Crippen molar-refractivity contribution in [2.75, 3.05) is 0 Å². The summed E-state index contributed by atoms with van der Waals surface area (Å²) in [6.07, 6.45) is 0.798. The zero-order valence-corrected chi connectivity index (χ0v) is 7.88. The van der Waals surface area contributed by atoms with Crippen molar-refractivity contribution < 1.29 is 4.79 Å². The molecule has 0 aromatic heterocycles. The van der Waals surface area contributed by atoms with E-state index in [-0.39, 0.29) is 5.92 Å². The summed E-state index contributed by atoms with van der Waals surface area (Å²) in [5.41, 5.74) is 1.08. The van der Waals surface area contributed by atoms with Crippen LogP contribution >= 0.6 is 11.6 Å². The lowest BCUT2D eigenvalue weighted by Crippen LogP contribution is -1.98. The van der Waals surface area contributed by atoms with Crippen molar-refractivity contribution in [1.82, 2.24) is 0 Å². The number of rotatable bonds is 2. The summed E-state index contributed by atoms with van der Waals surface area (Å²) < 4.78 is 0. The minimum absolute atomic E-state index is 0.284. The summed E-state index contributed by atoms with van der Waals surface area (Å²) in [6, 6.07) is 7.10. The fourth-order valence-corrected chi connectivity index (χ4v) is 1.34. The first-order valence-corrected chi connectivity index (χ1v) is 4.22. The molecule has 0 radical (unpaired) electrons. The highest BCUT2D eigenvalue weighted by Gasteiger charge is 2.11. The Labute approximate surface area is 81.7 Å². The van der Waals surface area contributed by atoms with Gasteiger partial charge in [0.1, 0.15) is 12.4 Å². The average Bonchev–Trinajstić information content (AvgIpc) is 2.16. The summed E-state index contributed by atoms with van der Waals surface area (Å²) in [5.74, 6) is -0.284. The molecule has 0 aliphatic carbocycles. The molecule has 0 bridgehead atoms. The van der Waals surface area contributed by atoms with Crippen LogP contribution in [0.2, 0.25) is 5.02 Å². The highest BCUT2D eigenvalue weighted by molar-refractivity contribution is 6.31. The van der Waals surface area contributed by atoms with Crippen LogP contribution < -0.4 is 0 Å². The van der Waals surface area contributed by atoms with E-state index in [4.69, 9.17) is 16.9 Å². The van der Waals surface area contributed by atoms with E-state index in [9.17, 15) is 4.79 Å². The predicted octanol–water partition coefficient (Wildman–Crippen LogP) is 2.51. The monoisotopic (exact) mass is 193 g/mol. The third-order valence-electron chi connectivity index (χ3n) is 1.85. The number of hydrogen-bond donors (Lipinski definition) is 0. The van der Waals surface area contributed by atoms with Crippen LogP contribution in [-0.2, 0) is 4.79 Å². The van der Waals surface area contributed by atoms with Gasteiger partial charge in [-0.2, -0.15) is 5.26 Å². The van der Waals surface area contributed by atoms with Gasteiger partial charge in [0.2, 0.25) is 0 Å². The Hall–Kier alpha value is -1.33. The topological polar surface area (TPSA) is 40.9 Å². The zero-order valence-electron chi connectivity index (χ0n) is 7.12. The van der Waals surface area contributed by atoms with E-state index in [2.05, 4.69) is 0 Å². The standard InChI is InChI=1S/C10H8ClNO/c1-7(6-13)8-3-2-4-10(11)9(8)5-12/h2-4,6-7H,1H3. The molecular formula is C10H8ClNO. The van der Waals surface area contributed by atoms with Crippen molar-refractivity contribution in [1.29, 1.82) is 5.26 Å². The van der Waals surface area contributed by atoms with Crippen LogP contribution in [0.25, 0.3) is 0 Å². The number of carbonyl (C=O) groups excluding carboxylic acids is 1. The first-order chi connectivity index (χ1) is 6.20. The highest BCUT2D eigenvalue weighted by Crippen LogP contribution is 2.24. The summed E-state index contributed by atoms with van der Waals surface area (Å²) >= 11 is 5.79. The van der Waals surface area contributed by atoms with Gasteiger partial charge in [-0.15, -0.1) is 0 Å². The lowest BCUT2D eigenvalue weighted by Gasteiger charge is -2.06. The van der Waals surface area contributed by atoms with Crippen LogP contribution in [0.15, 0.2) is 18.2 Å². The van der Waals surface area contributed by atoms with Crippen LogP contribution in [0.3, 0.4) is 0 Å². The van der Waals surface area contributed by atoms with Crippen LogP contribution in [0.4, 0.5) is 0 Å². The van der Waals surface area contributed by atoms with Gasteiger partial charge >= 0.3 is 0 Å². The number of aldehydes is 1. The van der Waals surface area contributed by atoms with Gasteiger partial charge < -0.3 is 4.79 Å². The van der Waals surface area contributed by atoms with E-state index in [1.807, 2.05) is 6.07 Å². The van der Waals surface area contributed by atoms with Crippen LogP contribution in [-0.4, -0.2) is 6.29 Å². The Balaban J connectivity index is 3.29. The Morgan fingerprint density at radius 3 is 2.85 bits per heavy atom. The molecule has 0 N–H and O–H groups in total. The molecule has 1 unspecified atom stereocenters. The fraction of sp³-hybridized carbons (Fsp3) is 0.200. The van der Waals surface area contributed by atoms with Crippen LogP contribution in [0.1, 0.15) is 24.0 Å². The second-order valence-corrected chi connectivity index (χ2v) is 3.15. The molecule has 0 amide bonds. The second kappa shape index (κ2) is 4.06. The molecule has 0 saturated carbocycles. The molecule has 1 rings (SSSR count). The van der Waals surface area contributed by atoms with Crippen molar-refractivity contribution in [3.63, 3.8) is 0 Å². The third-order valence-corrected chi connectivity index (χ3v) is 2.17. The molecule has 66 valence electrons. The van der Waals surface area contributed by atoms with E-state index >= 15 is 0 Å². The van der Waals surface area contributed by atoms with Gasteiger partial charge in [0.05, 0.1) is 10.6 Å². The summed E-state index contributed by atoms with van der Waals surface area (Å²) in [6.45, 7) is 1.74. The largest absolute Gasteiger partial charge is 0.303 e. The van der Waals surface area contributed by atoms with E-state index < -0.39 is 0 Å². The van der Waals surface area contributed by atoms with Crippen LogP contribution in [0.5, 0.6) is 0 Å². The van der Waals surface area contributed by atoms with Gasteiger partial charge in [0.25, 0.3) is 0 Å². The molecule has 1 aromatic carbocycles. The maximum Gasteiger partial charge on any atom is 0.127 e. The molecule has 0 fully saturated rings. The maximum absolute atomic E-state index is 10.5. The molecule has 1 aromatic rings. The molecule has 0 aliphatic heterocycles. The maximum atomic E-state index is 10.5. The Morgan fingerprint density at radius 1 is 1.62 bits per heavy atom. The quantitative estimate of drug-likeness (QED) is 0.678. The fourth-order valence-electron chi connectivity index (χ4n) is 1.11. The van der Waals surface area contributed by atoms with Crippen molar-refractivity contribution in [2.24, 2.45) is 0 Å². The predicted molar refractivity (Wildman–Crippen MR) is 50.6 cm³/mol. The van der Waals surface area contributed by atoms with Crippen molar-refractivity contribution >= 4 is 17.9 Å². The van der Waals surface area contributed by atoms with Crippen LogP contribution in [0, 0.1) is 11.3 Å². The van der Waals surface area contributed by atoms with Gasteiger partial charge in [-0.05, 0) is 11.6 Å². The SMILES string of the molecule is CC(C=O)c1cccc(Cl)c1C#N. The summed E-state index contributed by atoms with van der Waals surface area (Å²) in [7, 11) is 0. The molecule has 3 heteroatoms. The van der Waals surface area contributed by atoms with Gasteiger partial charge in [0, 0.05) is 5.92 Å².